The van der Waals surface area contributed by atoms with Gasteiger partial charge in [-0.05, 0) is 42.3 Å². The third-order valence-corrected chi connectivity index (χ3v) is 5.40. The molecule has 0 aromatic heterocycles. The molecular formula is C16H15ClOS2. The molecule has 104 valence electrons. The minimum Gasteiger partial charge on any atom is -0.457 e. The van der Waals surface area contributed by atoms with E-state index in [9.17, 15) is 0 Å². The van der Waals surface area contributed by atoms with Gasteiger partial charge in [-0.3, -0.25) is 0 Å². The number of thioether (sulfide) groups is 2. The third-order valence-electron chi connectivity index (χ3n) is 2.62. The van der Waals surface area contributed by atoms with E-state index in [0.717, 1.165) is 26.3 Å². The van der Waals surface area contributed by atoms with Crippen molar-refractivity contribution >= 4 is 40.2 Å². The van der Waals surface area contributed by atoms with E-state index in [2.05, 4.69) is 0 Å². The van der Waals surface area contributed by atoms with E-state index < -0.39 is 0 Å². The molecule has 0 atom stereocenters. The zero-order chi connectivity index (χ0) is 14.4. The first-order valence-corrected chi connectivity index (χ1v) is 8.88. The molecule has 0 spiro atoms. The molecule has 0 saturated carbocycles. The maximum absolute atomic E-state index is 6.43. The second kappa shape index (κ2) is 7.67. The summed E-state index contributed by atoms with van der Waals surface area (Å²) in [4.78, 5) is 0. The number of hydrogen-bond acceptors (Lipinski definition) is 3. The first-order valence-electron chi connectivity index (χ1n) is 6.05. The van der Waals surface area contributed by atoms with Gasteiger partial charge in [-0.1, -0.05) is 41.9 Å². The van der Waals surface area contributed by atoms with Crippen LogP contribution in [0.5, 0.6) is 11.5 Å². The summed E-state index contributed by atoms with van der Waals surface area (Å²) in [5.74, 6) is 1.60. The van der Waals surface area contributed by atoms with Gasteiger partial charge in [0.15, 0.2) is 0 Å². The second-order valence-electron chi connectivity index (χ2n) is 3.95. The fourth-order valence-electron chi connectivity index (χ4n) is 1.70. The fourth-order valence-corrected chi connectivity index (χ4v) is 3.54. The van der Waals surface area contributed by atoms with Gasteiger partial charge in [-0.2, -0.15) is 0 Å². The largest absolute Gasteiger partial charge is 0.457 e. The molecule has 0 aliphatic rings. The van der Waals surface area contributed by atoms with E-state index in [0.29, 0.717) is 0 Å². The van der Waals surface area contributed by atoms with Crippen LogP contribution in [0.4, 0.5) is 0 Å². The lowest BCUT2D eigenvalue weighted by Gasteiger charge is -2.09. The molecule has 0 aliphatic carbocycles. The van der Waals surface area contributed by atoms with Crippen LogP contribution in [0.2, 0.25) is 0 Å². The van der Waals surface area contributed by atoms with Crippen molar-refractivity contribution in [3.05, 3.63) is 64.4 Å². The number of hydrogen-bond donors (Lipinski definition) is 0. The number of halogens is 1. The van der Waals surface area contributed by atoms with Gasteiger partial charge in [0, 0.05) is 0 Å². The molecule has 2 aromatic rings. The van der Waals surface area contributed by atoms with Gasteiger partial charge in [0.2, 0.25) is 0 Å². The molecule has 2 aromatic carbocycles. The van der Waals surface area contributed by atoms with Gasteiger partial charge >= 0.3 is 0 Å². The molecule has 0 saturated heterocycles. The summed E-state index contributed by atoms with van der Waals surface area (Å²) in [6.45, 7) is 0. The SMILES string of the molecule is CSC(SC)=C(Cl)c1cccc(Oc2ccccc2)c1. The van der Waals surface area contributed by atoms with Crippen molar-refractivity contribution in [2.45, 2.75) is 0 Å². The molecular weight excluding hydrogens is 308 g/mol. The summed E-state index contributed by atoms with van der Waals surface area (Å²) in [5.41, 5.74) is 0.971. The second-order valence-corrected chi connectivity index (χ2v) is 6.22. The summed E-state index contributed by atoms with van der Waals surface area (Å²) < 4.78 is 6.92. The van der Waals surface area contributed by atoms with Crippen molar-refractivity contribution in [3.63, 3.8) is 0 Å². The Balaban J connectivity index is 2.27. The van der Waals surface area contributed by atoms with Crippen molar-refractivity contribution in [2.24, 2.45) is 0 Å². The summed E-state index contributed by atoms with van der Waals surface area (Å²) in [7, 11) is 0. The van der Waals surface area contributed by atoms with E-state index in [-0.39, 0.29) is 0 Å². The fraction of sp³-hybridized carbons (Fsp3) is 0.125. The zero-order valence-electron chi connectivity index (χ0n) is 11.3. The van der Waals surface area contributed by atoms with Crippen LogP contribution in [0.15, 0.2) is 58.8 Å². The van der Waals surface area contributed by atoms with Crippen LogP contribution in [0.25, 0.3) is 5.03 Å². The summed E-state index contributed by atoms with van der Waals surface area (Å²) in [6, 6.07) is 17.6. The van der Waals surface area contributed by atoms with Gasteiger partial charge in [0.25, 0.3) is 0 Å². The van der Waals surface area contributed by atoms with Crippen LogP contribution in [0, 0.1) is 0 Å². The highest BCUT2D eigenvalue weighted by Crippen LogP contribution is 2.36. The Morgan fingerprint density at radius 3 is 2.20 bits per heavy atom. The highest BCUT2D eigenvalue weighted by atomic mass is 35.5. The molecule has 0 aliphatic heterocycles. The smallest absolute Gasteiger partial charge is 0.128 e. The van der Waals surface area contributed by atoms with Crippen molar-refractivity contribution in [1.82, 2.24) is 0 Å². The van der Waals surface area contributed by atoms with Crippen molar-refractivity contribution < 1.29 is 4.74 Å². The van der Waals surface area contributed by atoms with E-state index in [1.807, 2.05) is 67.1 Å². The molecule has 0 bridgehead atoms. The maximum atomic E-state index is 6.43. The Labute approximate surface area is 133 Å². The summed E-state index contributed by atoms with van der Waals surface area (Å²) in [6.07, 6.45) is 4.05. The number of rotatable bonds is 5. The summed E-state index contributed by atoms with van der Waals surface area (Å²) in [5, 5.41) is 0.767. The van der Waals surface area contributed by atoms with Crippen molar-refractivity contribution in [2.75, 3.05) is 12.5 Å². The zero-order valence-corrected chi connectivity index (χ0v) is 13.7. The lowest BCUT2D eigenvalue weighted by molar-refractivity contribution is 0.482. The molecule has 4 heteroatoms. The van der Waals surface area contributed by atoms with Gasteiger partial charge < -0.3 is 4.74 Å². The van der Waals surface area contributed by atoms with Crippen molar-refractivity contribution in [1.29, 1.82) is 0 Å². The normalized spacial score (nSPS) is 10.2. The molecule has 0 amide bonds. The predicted molar refractivity (Wildman–Crippen MR) is 92.8 cm³/mol. The minimum absolute atomic E-state index is 0.767. The lowest BCUT2D eigenvalue weighted by Crippen LogP contribution is -1.86. The number of benzene rings is 2. The molecule has 0 heterocycles. The van der Waals surface area contributed by atoms with E-state index in [1.54, 1.807) is 23.5 Å². The maximum Gasteiger partial charge on any atom is 0.128 e. The lowest BCUT2D eigenvalue weighted by atomic mass is 10.2. The first-order chi connectivity index (χ1) is 9.74. The van der Waals surface area contributed by atoms with E-state index in [1.165, 1.54) is 0 Å². The first kappa shape index (κ1) is 15.4. The number of ether oxygens (including phenoxy) is 1. The van der Waals surface area contributed by atoms with Crippen LogP contribution in [0.3, 0.4) is 0 Å². The van der Waals surface area contributed by atoms with Gasteiger partial charge in [0.05, 0.1) is 9.27 Å². The Morgan fingerprint density at radius 1 is 0.900 bits per heavy atom. The quantitative estimate of drug-likeness (QED) is 0.661. The van der Waals surface area contributed by atoms with E-state index in [4.69, 9.17) is 16.3 Å². The van der Waals surface area contributed by atoms with Gasteiger partial charge in [0.1, 0.15) is 11.5 Å². The Morgan fingerprint density at radius 2 is 1.55 bits per heavy atom. The standard InChI is InChI=1S/C16H15ClOS2/c1-19-16(20-2)15(17)12-7-6-10-14(11-12)18-13-8-4-3-5-9-13/h3-11H,1-2H3. The van der Waals surface area contributed by atoms with Crippen LogP contribution in [0.1, 0.15) is 5.56 Å². The molecule has 0 fully saturated rings. The Hall–Kier alpha value is -1.03. The van der Waals surface area contributed by atoms with Crippen LogP contribution in [-0.2, 0) is 0 Å². The van der Waals surface area contributed by atoms with Crippen LogP contribution in [-0.4, -0.2) is 12.5 Å². The number of para-hydroxylation sites is 1. The molecule has 20 heavy (non-hydrogen) atoms. The molecule has 0 unspecified atom stereocenters. The average Bonchev–Trinajstić information content (AvgIpc) is 2.49. The van der Waals surface area contributed by atoms with Gasteiger partial charge in [-0.25, -0.2) is 0 Å². The highest BCUT2D eigenvalue weighted by Gasteiger charge is 2.07. The summed E-state index contributed by atoms with van der Waals surface area (Å²) >= 11 is 9.73. The molecule has 0 radical (unpaired) electrons. The van der Waals surface area contributed by atoms with E-state index >= 15 is 0 Å². The predicted octanol–water partition coefficient (Wildman–Crippen LogP) is 6.07. The monoisotopic (exact) mass is 322 g/mol. The minimum atomic E-state index is 0.767. The third kappa shape index (κ3) is 3.98. The van der Waals surface area contributed by atoms with Crippen molar-refractivity contribution in [3.8, 4) is 11.5 Å². The Kier molecular flexibility index (Phi) is 5.89. The Bertz CT molecular complexity index is 590. The average molecular weight is 323 g/mol. The van der Waals surface area contributed by atoms with Crippen LogP contribution < -0.4 is 4.74 Å². The highest BCUT2D eigenvalue weighted by molar-refractivity contribution is 8.22. The van der Waals surface area contributed by atoms with Crippen LogP contribution >= 0.6 is 35.1 Å². The van der Waals surface area contributed by atoms with Gasteiger partial charge in [-0.15, -0.1) is 23.5 Å². The molecule has 2 rings (SSSR count). The topological polar surface area (TPSA) is 9.23 Å². The molecule has 0 N–H and O–H groups in total. The molecule has 1 nitrogen and oxygen atoms in total.